The van der Waals surface area contributed by atoms with Crippen molar-refractivity contribution in [3.63, 3.8) is 0 Å². The number of halogens is 1. The predicted molar refractivity (Wildman–Crippen MR) is 130 cm³/mol. The zero-order valence-electron chi connectivity index (χ0n) is 18.8. The first kappa shape index (κ1) is 22.1. The lowest BCUT2D eigenvalue weighted by molar-refractivity contribution is -0.151. The summed E-state index contributed by atoms with van der Waals surface area (Å²) in [7, 11) is 0. The summed E-state index contributed by atoms with van der Waals surface area (Å²) >= 11 is 6.62. The molecule has 1 fully saturated rings. The average molecular weight is 462 g/mol. The van der Waals surface area contributed by atoms with Crippen molar-refractivity contribution in [3.8, 4) is 0 Å². The molecule has 2 aromatic carbocycles. The van der Waals surface area contributed by atoms with Crippen LogP contribution in [0.15, 0.2) is 70.9 Å². The fraction of sp³-hybridized carbons (Fsp3) is 0.393. The van der Waals surface area contributed by atoms with Gasteiger partial charge in [-0.15, -0.1) is 0 Å². The molecule has 0 N–H and O–H groups in total. The summed E-state index contributed by atoms with van der Waals surface area (Å²) in [6, 6.07) is 17.6. The number of Topliss-reactive ketones (excluding diaryl/α,β-unsaturated/α-hetero) is 1. The van der Waals surface area contributed by atoms with Crippen LogP contribution in [0.3, 0.4) is 0 Å². The molecule has 0 saturated heterocycles. The first-order valence-corrected chi connectivity index (χ1v) is 12.2. The first-order chi connectivity index (χ1) is 16.0. The maximum atomic E-state index is 13.6. The molecule has 0 aromatic heterocycles. The third-order valence-electron chi connectivity index (χ3n) is 7.24. The molecule has 0 bridgehead atoms. The van der Waals surface area contributed by atoms with E-state index >= 15 is 0 Å². The standard InChI is InChI=1S/C28H28ClNO3/c1-17-25(28(32)33-20-11-5-6-12-20)26(21-13-7-8-14-22(21)29)27-23(30-17)15-19(16-24(27)31)18-9-3-2-4-10-18/h2-4,7-10,13-14,19-20,25-26H,5-6,11-12,15-16H2,1H3/t19-,25?,26+/m1/s1. The number of benzene rings is 2. The predicted octanol–water partition coefficient (Wildman–Crippen LogP) is 6.40. The number of hydrogen-bond donors (Lipinski definition) is 0. The van der Waals surface area contributed by atoms with Gasteiger partial charge >= 0.3 is 5.97 Å². The van der Waals surface area contributed by atoms with E-state index in [0.717, 1.165) is 42.5 Å². The third kappa shape index (κ3) is 4.29. The quantitative estimate of drug-likeness (QED) is 0.495. The highest BCUT2D eigenvalue weighted by atomic mass is 35.5. The van der Waals surface area contributed by atoms with Gasteiger partial charge in [-0.1, -0.05) is 60.1 Å². The van der Waals surface area contributed by atoms with Crippen molar-refractivity contribution in [1.82, 2.24) is 0 Å². The molecule has 0 spiro atoms. The van der Waals surface area contributed by atoms with Crippen LogP contribution in [0.1, 0.15) is 68.4 Å². The van der Waals surface area contributed by atoms with E-state index in [2.05, 4.69) is 12.1 Å². The number of esters is 1. The van der Waals surface area contributed by atoms with E-state index in [1.165, 1.54) is 0 Å². The zero-order valence-corrected chi connectivity index (χ0v) is 19.6. The second kappa shape index (κ2) is 9.26. The Morgan fingerprint density at radius 2 is 1.70 bits per heavy atom. The van der Waals surface area contributed by atoms with Gasteiger partial charge in [0.05, 0.1) is 0 Å². The van der Waals surface area contributed by atoms with Crippen LogP contribution in [0.25, 0.3) is 0 Å². The second-order valence-corrected chi connectivity index (χ2v) is 9.78. The van der Waals surface area contributed by atoms with E-state index in [0.29, 0.717) is 29.1 Å². The van der Waals surface area contributed by atoms with Crippen molar-refractivity contribution in [2.24, 2.45) is 10.9 Å². The molecule has 5 heteroatoms. The van der Waals surface area contributed by atoms with E-state index in [1.807, 2.05) is 49.4 Å². The number of hydrogen-bond acceptors (Lipinski definition) is 4. The van der Waals surface area contributed by atoms with Crippen LogP contribution in [-0.4, -0.2) is 23.6 Å². The lowest BCUT2D eigenvalue weighted by Gasteiger charge is -2.37. The van der Waals surface area contributed by atoms with Crippen LogP contribution >= 0.6 is 11.6 Å². The van der Waals surface area contributed by atoms with Gasteiger partial charge < -0.3 is 4.74 Å². The summed E-state index contributed by atoms with van der Waals surface area (Å²) < 4.78 is 5.92. The number of allylic oxidation sites excluding steroid dienone is 2. The highest BCUT2D eigenvalue weighted by Gasteiger charge is 2.45. The fourth-order valence-electron chi connectivity index (χ4n) is 5.63. The van der Waals surface area contributed by atoms with E-state index in [-0.39, 0.29) is 23.8 Å². The number of nitrogens with zero attached hydrogens (tertiary/aromatic N) is 1. The van der Waals surface area contributed by atoms with Crippen LogP contribution < -0.4 is 0 Å². The number of ketones is 1. The minimum atomic E-state index is -0.638. The summed E-state index contributed by atoms with van der Waals surface area (Å²) in [6.07, 6.45) is 5.00. The maximum absolute atomic E-state index is 13.6. The molecule has 3 aliphatic rings. The Kier molecular flexibility index (Phi) is 6.20. The van der Waals surface area contributed by atoms with Crippen LogP contribution in [0, 0.1) is 5.92 Å². The third-order valence-corrected chi connectivity index (χ3v) is 7.58. The lowest BCUT2D eigenvalue weighted by atomic mass is 9.69. The summed E-state index contributed by atoms with van der Waals surface area (Å²) in [5, 5.41) is 0.556. The summed E-state index contributed by atoms with van der Waals surface area (Å²) in [4.78, 5) is 31.9. The molecule has 170 valence electrons. The van der Waals surface area contributed by atoms with Gasteiger partial charge in [-0.25, -0.2) is 0 Å². The average Bonchev–Trinajstić information content (AvgIpc) is 3.32. The summed E-state index contributed by atoms with van der Waals surface area (Å²) in [6.45, 7) is 1.88. The Bertz CT molecular complexity index is 1130. The van der Waals surface area contributed by atoms with Gasteiger partial charge in [0, 0.05) is 34.3 Å². The van der Waals surface area contributed by atoms with Crippen LogP contribution in [-0.2, 0) is 14.3 Å². The van der Waals surface area contributed by atoms with E-state index < -0.39 is 11.8 Å². The molecular weight excluding hydrogens is 434 g/mol. The molecule has 5 rings (SSSR count). The molecule has 1 unspecified atom stereocenters. The number of aliphatic imine (C=N–C) groups is 1. The van der Waals surface area contributed by atoms with Crippen molar-refractivity contribution >= 4 is 29.1 Å². The van der Waals surface area contributed by atoms with Crippen molar-refractivity contribution < 1.29 is 14.3 Å². The smallest absolute Gasteiger partial charge is 0.315 e. The normalized spacial score (nSPS) is 25.6. The maximum Gasteiger partial charge on any atom is 0.315 e. The minimum Gasteiger partial charge on any atom is -0.462 e. The van der Waals surface area contributed by atoms with Crippen molar-refractivity contribution in [3.05, 3.63) is 82.0 Å². The number of carbonyl (C=O) groups excluding carboxylic acids is 2. The first-order valence-electron chi connectivity index (χ1n) is 11.8. The Morgan fingerprint density at radius 1 is 1.00 bits per heavy atom. The van der Waals surface area contributed by atoms with E-state index in [4.69, 9.17) is 21.3 Å². The molecule has 3 atom stereocenters. The molecule has 33 heavy (non-hydrogen) atoms. The van der Waals surface area contributed by atoms with Gasteiger partial charge in [-0.2, -0.15) is 0 Å². The highest BCUT2D eigenvalue weighted by molar-refractivity contribution is 6.31. The number of rotatable bonds is 4. The molecule has 4 nitrogen and oxygen atoms in total. The van der Waals surface area contributed by atoms with Gasteiger partial charge in [0.2, 0.25) is 0 Å². The van der Waals surface area contributed by atoms with Crippen molar-refractivity contribution in [2.45, 2.75) is 63.4 Å². The largest absolute Gasteiger partial charge is 0.462 e. The van der Waals surface area contributed by atoms with Crippen LogP contribution in [0.2, 0.25) is 5.02 Å². The minimum absolute atomic E-state index is 0.0444. The van der Waals surface area contributed by atoms with Gasteiger partial charge in [-0.3, -0.25) is 14.6 Å². The van der Waals surface area contributed by atoms with Crippen LogP contribution in [0.5, 0.6) is 0 Å². The zero-order chi connectivity index (χ0) is 22.9. The van der Waals surface area contributed by atoms with Gasteiger partial charge in [0.1, 0.15) is 12.0 Å². The van der Waals surface area contributed by atoms with Crippen LogP contribution in [0.4, 0.5) is 0 Å². The Labute approximate surface area is 199 Å². The van der Waals surface area contributed by atoms with Crippen molar-refractivity contribution in [1.29, 1.82) is 0 Å². The number of carbonyl (C=O) groups is 2. The fourth-order valence-corrected chi connectivity index (χ4v) is 5.89. The second-order valence-electron chi connectivity index (χ2n) is 9.37. The van der Waals surface area contributed by atoms with Gasteiger partial charge in [-0.05, 0) is 62.1 Å². The number of ether oxygens (including phenoxy) is 1. The molecule has 2 aromatic rings. The Morgan fingerprint density at radius 3 is 2.42 bits per heavy atom. The lowest BCUT2D eigenvalue weighted by Crippen LogP contribution is -2.39. The Balaban J connectivity index is 1.56. The molecule has 2 aliphatic carbocycles. The van der Waals surface area contributed by atoms with Gasteiger partial charge in [0.15, 0.2) is 5.78 Å². The molecular formula is C28H28ClNO3. The SMILES string of the molecule is CC1=NC2=C(C(=O)C[C@H](c3ccccc3)C2)[C@@H](c2ccccc2Cl)C1C(=O)OC1CCCC1. The van der Waals surface area contributed by atoms with E-state index in [9.17, 15) is 9.59 Å². The topological polar surface area (TPSA) is 55.7 Å². The van der Waals surface area contributed by atoms with E-state index in [1.54, 1.807) is 0 Å². The summed E-state index contributed by atoms with van der Waals surface area (Å²) in [5.74, 6) is -1.27. The molecule has 0 radical (unpaired) electrons. The molecule has 1 saturated carbocycles. The van der Waals surface area contributed by atoms with Crippen molar-refractivity contribution in [2.75, 3.05) is 0 Å². The van der Waals surface area contributed by atoms with Gasteiger partial charge in [0.25, 0.3) is 0 Å². The monoisotopic (exact) mass is 461 g/mol. The molecule has 0 amide bonds. The Hall–Kier alpha value is -2.72. The molecule has 1 heterocycles. The highest BCUT2D eigenvalue weighted by Crippen LogP contribution is 2.48. The molecule has 1 aliphatic heterocycles. The summed E-state index contributed by atoms with van der Waals surface area (Å²) in [5.41, 5.74) is 4.05.